The summed E-state index contributed by atoms with van der Waals surface area (Å²) in [7, 11) is -2.94. The molecule has 132 valence electrons. The van der Waals surface area contributed by atoms with E-state index in [1.807, 2.05) is 6.92 Å². The van der Waals surface area contributed by atoms with E-state index in [4.69, 9.17) is 0 Å². The number of hydrogen-bond donors (Lipinski definition) is 2. The minimum absolute atomic E-state index is 0.117. The molecule has 0 saturated heterocycles. The Morgan fingerprint density at radius 3 is 2.18 bits per heavy atom. The molecule has 0 unspecified atom stereocenters. The molecule has 0 spiro atoms. The Balaban J connectivity index is 4.26. The predicted octanol–water partition coefficient (Wildman–Crippen LogP) is 1.10. The maximum Gasteiger partial charge on any atom is 0.191 e. The molecule has 7 heteroatoms. The zero-order valence-corrected chi connectivity index (χ0v) is 15.8. The fraction of sp³-hybridized carbons (Fsp3) is 0.933. The number of guanidine groups is 1. The van der Waals surface area contributed by atoms with Gasteiger partial charge in [0.1, 0.15) is 9.84 Å². The van der Waals surface area contributed by atoms with Crippen LogP contribution in [0.25, 0.3) is 0 Å². The largest absolute Gasteiger partial charge is 0.357 e. The first-order chi connectivity index (χ1) is 10.2. The van der Waals surface area contributed by atoms with Gasteiger partial charge in [0.2, 0.25) is 0 Å². The molecular weight excluding hydrogens is 300 g/mol. The van der Waals surface area contributed by atoms with Crippen molar-refractivity contribution in [3.8, 4) is 0 Å². The maximum atomic E-state index is 11.1. The monoisotopic (exact) mass is 334 g/mol. The fourth-order valence-corrected chi connectivity index (χ4v) is 2.73. The van der Waals surface area contributed by atoms with Gasteiger partial charge in [-0.3, -0.25) is 9.89 Å². The van der Waals surface area contributed by atoms with Crippen LogP contribution in [0.15, 0.2) is 4.99 Å². The molecule has 0 aromatic heterocycles. The molecule has 0 atom stereocenters. The summed E-state index contributed by atoms with van der Waals surface area (Å²) in [6.45, 7) is 13.7. The van der Waals surface area contributed by atoms with Crippen molar-refractivity contribution in [1.29, 1.82) is 0 Å². The van der Waals surface area contributed by atoms with Gasteiger partial charge in [-0.2, -0.15) is 0 Å². The maximum absolute atomic E-state index is 11.1. The standard InChI is InChI=1S/C15H34N4O2S/c1-7-16-15(18-10-12-22(6,20)21)17-9-8-11-19(13(2)3)14(4)5/h13-14H,7-12H2,1-6H3,(H2,16,17,18). The van der Waals surface area contributed by atoms with Gasteiger partial charge in [0, 0.05) is 44.5 Å². The van der Waals surface area contributed by atoms with Gasteiger partial charge in [0.25, 0.3) is 0 Å². The Bertz CT molecular complexity index is 411. The van der Waals surface area contributed by atoms with Crippen LogP contribution in [0.3, 0.4) is 0 Å². The molecule has 0 heterocycles. The second kappa shape index (κ2) is 10.8. The van der Waals surface area contributed by atoms with Crippen LogP contribution < -0.4 is 10.6 Å². The molecule has 0 fully saturated rings. The summed E-state index contributed by atoms with van der Waals surface area (Å²) < 4.78 is 22.3. The van der Waals surface area contributed by atoms with Gasteiger partial charge in [0.05, 0.1) is 5.75 Å². The van der Waals surface area contributed by atoms with Crippen LogP contribution >= 0.6 is 0 Å². The van der Waals surface area contributed by atoms with Crippen molar-refractivity contribution in [2.45, 2.75) is 53.1 Å². The smallest absolute Gasteiger partial charge is 0.191 e. The molecule has 0 bridgehead atoms. The topological polar surface area (TPSA) is 73.8 Å². The SMILES string of the molecule is CCNC(=NCCCN(C(C)C)C(C)C)NCCS(C)(=O)=O. The van der Waals surface area contributed by atoms with Gasteiger partial charge in [-0.05, 0) is 41.0 Å². The van der Waals surface area contributed by atoms with E-state index in [1.165, 1.54) is 6.26 Å². The van der Waals surface area contributed by atoms with Crippen molar-refractivity contribution in [1.82, 2.24) is 15.5 Å². The van der Waals surface area contributed by atoms with Crippen molar-refractivity contribution >= 4 is 15.8 Å². The van der Waals surface area contributed by atoms with Gasteiger partial charge >= 0.3 is 0 Å². The van der Waals surface area contributed by atoms with Gasteiger partial charge in [-0.25, -0.2) is 8.42 Å². The molecule has 6 nitrogen and oxygen atoms in total. The van der Waals surface area contributed by atoms with E-state index in [2.05, 4.69) is 48.2 Å². The first-order valence-corrected chi connectivity index (χ1v) is 10.2. The average Bonchev–Trinajstić information content (AvgIpc) is 2.35. The van der Waals surface area contributed by atoms with Crippen LogP contribution in [0.1, 0.15) is 41.0 Å². The highest BCUT2D eigenvalue weighted by Gasteiger charge is 2.12. The van der Waals surface area contributed by atoms with Gasteiger partial charge < -0.3 is 10.6 Å². The van der Waals surface area contributed by atoms with E-state index in [1.54, 1.807) is 0 Å². The number of rotatable bonds is 10. The quantitative estimate of drug-likeness (QED) is 0.355. The van der Waals surface area contributed by atoms with Gasteiger partial charge in [-0.1, -0.05) is 0 Å². The average molecular weight is 335 g/mol. The van der Waals surface area contributed by atoms with Crippen LogP contribution in [0, 0.1) is 0 Å². The summed E-state index contributed by atoms with van der Waals surface area (Å²) in [4.78, 5) is 6.94. The molecule has 0 radical (unpaired) electrons. The van der Waals surface area contributed by atoms with E-state index in [0.717, 1.165) is 26.1 Å². The molecule has 0 saturated carbocycles. The van der Waals surface area contributed by atoms with Crippen molar-refractivity contribution in [2.24, 2.45) is 4.99 Å². The summed E-state index contributed by atoms with van der Waals surface area (Å²) in [5, 5.41) is 6.19. The Morgan fingerprint density at radius 1 is 1.14 bits per heavy atom. The molecule has 0 rings (SSSR count). The summed E-state index contributed by atoms with van der Waals surface area (Å²) in [5.74, 6) is 0.804. The molecule has 2 N–H and O–H groups in total. The molecule has 0 aromatic rings. The lowest BCUT2D eigenvalue weighted by Gasteiger charge is -2.30. The molecule has 0 aliphatic heterocycles. The lowest BCUT2D eigenvalue weighted by molar-refractivity contribution is 0.174. The Labute approximate surface area is 136 Å². The molecule has 22 heavy (non-hydrogen) atoms. The first-order valence-electron chi connectivity index (χ1n) is 8.13. The molecule has 0 aliphatic carbocycles. The van der Waals surface area contributed by atoms with Crippen LogP contribution in [0.4, 0.5) is 0 Å². The van der Waals surface area contributed by atoms with Crippen molar-refractivity contribution in [3.05, 3.63) is 0 Å². The van der Waals surface area contributed by atoms with E-state index < -0.39 is 9.84 Å². The van der Waals surface area contributed by atoms with Crippen LogP contribution in [0.5, 0.6) is 0 Å². The molecule has 0 amide bonds. The second-order valence-corrected chi connectivity index (χ2v) is 8.36. The zero-order chi connectivity index (χ0) is 17.2. The van der Waals surface area contributed by atoms with Crippen LogP contribution in [0.2, 0.25) is 0 Å². The molecule has 0 aliphatic rings. The van der Waals surface area contributed by atoms with E-state index in [9.17, 15) is 8.42 Å². The summed E-state index contributed by atoms with van der Waals surface area (Å²) in [6, 6.07) is 1.07. The normalized spacial score (nSPS) is 13.2. The Hall–Kier alpha value is -0.820. The van der Waals surface area contributed by atoms with E-state index in [0.29, 0.717) is 24.6 Å². The van der Waals surface area contributed by atoms with Crippen molar-refractivity contribution < 1.29 is 8.42 Å². The summed E-state index contributed by atoms with van der Waals surface area (Å²) in [6.07, 6.45) is 2.23. The van der Waals surface area contributed by atoms with Crippen LogP contribution in [-0.2, 0) is 9.84 Å². The molecule has 0 aromatic carbocycles. The zero-order valence-electron chi connectivity index (χ0n) is 15.0. The third-order valence-electron chi connectivity index (χ3n) is 3.28. The minimum Gasteiger partial charge on any atom is -0.357 e. The highest BCUT2D eigenvalue weighted by atomic mass is 32.2. The highest BCUT2D eigenvalue weighted by molar-refractivity contribution is 7.90. The number of hydrogen-bond acceptors (Lipinski definition) is 4. The third kappa shape index (κ3) is 10.8. The van der Waals surface area contributed by atoms with Crippen molar-refractivity contribution in [3.63, 3.8) is 0 Å². The molecular formula is C15H34N4O2S. The lowest BCUT2D eigenvalue weighted by Crippen LogP contribution is -2.40. The summed E-state index contributed by atoms with van der Waals surface area (Å²) >= 11 is 0. The number of sulfone groups is 1. The van der Waals surface area contributed by atoms with Crippen LogP contribution in [-0.4, -0.2) is 69.5 Å². The van der Waals surface area contributed by atoms with Crippen molar-refractivity contribution in [2.75, 3.05) is 38.2 Å². The van der Waals surface area contributed by atoms with E-state index in [-0.39, 0.29) is 5.75 Å². The van der Waals surface area contributed by atoms with Gasteiger partial charge in [0.15, 0.2) is 5.96 Å². The van der Waals surface area contributed by atoms with Gasteiger partial charge in [-0.15, -0.1) is 0 Å². The van der Waals surface area contributed by atoms with E-state index >= 15 is 0 Å². The second-order valence-electron chi connectivity index (χ2n) is 6.10. The lowest BCUT2D eigenvalue weighted by atomic mass is 10.2. The number of aliphatic imine (C=N–C) groups is 1. The first kappa shape index (κ1) is 21.2. The highest BCUT2D eigenvalue weighted by Crippen LogP contribution is 2.05. The minimum atomic E-state index is -2.94. The predicted molar refractivity (Wildman–Crippen MR) is 95.3 cm³/mol. The number of nitrogens with zero attached hydrogens (tertiary/aromatic N) is 2. The summed E-state index contributed by atoms with van der Waals surface area (Å²) in [5.41, 5.74) is 0. The number of nitrogens with one attached hydrogen (secondary N) is 2. The Morgan fingerprint density at radius 2 is 1.73 bits per heavy atom. The Kier molecular flexibility index (Phi) is 10.4. The fourth-order valence-electron chi connectivity index (χ4n) is 2.25. The third-order valence-corrected chi connectivity index (χ3v) is 4.23.